The van der Waals surface area contributed by atoms with Crippen LogP contribution in [-0.2, 0) is 0 Å². The summed E-state index contributed by atoms with van der Waals surface area (Å²) in [5.41, 5.74) is 1.71. The van der Waals surface area contributed by atoms with Crippen molar-refractivity contribution >= 4 is 28.9 Å². The third-order valence-electron chi connectivity index (χ3n) is 2.89. The number of halogens is 2. The van der Waals surface area contributed by atoms with Crippen molar-refractivity contribution in [3.8, 4) is 5.75 Å². The summed E-state index contributed by atoms with van der Waals surface area (Å²) in [6.07, 6.45) is 0. The molecule has 0 fully saturated rings. The topological polar surface area (TPSA) is 50.4 Å². The number of ether oxygens (including phenoxy) is 1. The van der Waals surface area contributed by atoms with Crippen LogP contribution in [0.5, 0.6) is 5.75 Å². The van der Waals surface area contributed by atoms with Crippen LogP contribution in [0.4, 0.5) is 14.5 Å². The zero-order valence-corrected chi connectivity index (χ0v) is 13.0. The molecule has 0 aliphatic carbocycles. The average Bonchev–Trinajstić information content (AvgIpc) is 2.49. The van der Waals surface area contributed by atoms with E-state index < -0.39 is 12.5 Å². The third kappa shape index (κ3) is 5.00. The summed E-state index contributed by atoms with van der Waals surface area (Å²) < 4.78 is 29.1. The van der Waals surface area contributed by atoms with Gasteiger partial charge in [0.05, 0.1) is 5.69 Å². The van der Waals surface area contributed by atoms with Gasteiger partial charge in [-0.05, 0) is 43.4 Å². The van der Waals surface area contributed by atoms with E-state index >= 15 is 0 Å². The number of hydrogen-bond acceptors (Lipinski definition) is 3. The van der Waals surface area contributed by atoms with Crippen molar-refractivity contribution in [2.24, 2.45) is 0 Å². The first-order valence-electron chi connectivity index (χ1n) is 6.68. The van der Waals surface area contributed by atoms with E-state index in [-0.39, 0.29) is 16.5 Å². The van der Waals surface area contributed by atoms with E-state index in [4.69, 9.17) is 12.2 Å². The van der Waals surface area contributed by atoms with Gasteiger partial charge in [0.2, 0.25) is 0 Å². The lowest BCUT2D eigenvalue weighted by molar-refractivity contribution is -0.0493. The molecule has 23 heavy (non-hydrogen) atoms. The quantitative estimate of drug-likeness (QED) is 0.836. The van der Waals surface area contributed by atoms with Gasteiger partial charge in [-0.3, -0.25) is 10.1 Å². The zero-order valence-electron chi connectivity index (χ0n) is 12.2. The largest absolute Gasteiger partial charge is 0.433 e. The van der Waals surface area contributed by atoms with Gasteiger partial charge in [-0.15, -0.1) is 0 Å². The van der Waals surface area contributed by atoms with Crippen molar-refractivity contribution < 1.29 is 18.3 Å². The number of rotatable bonds is 4. The Labute approximate surface area is 137 Å². The lowest BCUT2D eigenvalue weighted by Gasteiger charge is -2.13. The van der Waals surface area contributed by atoms with Gasteiger partial charge in [0.15, 0.2) is 5.11 Å². The van der Waals surface area contributed by atoms with Crippen LogP contribution < -0.4 is 15.4 Å². The fraction of sp³-hybridized carbons (Fsp3) is 0.125. The Balaban J connectivity index is 2.02. The van der Waals surface area contributed by atoms with Crippen LogP contribution >= 0.6 is 12.2 Å². The Hall–Kier alpha value is -2.54. The Kier molecular flexibility index (Phi) is 5.59. The lowest BCUT2D eigenvalue weighted by atomic mass is 10.1. The summed E-state index contributed by atoms with van der Waals surface area (Å²) in [7, 11) is 0. The maximum Gasteiger partial charge on any atom is 0.387 e. The predicted molar refractivity (Wildman–Crippen MR) is 87.9 cm³/mol. The molecule has 0 aliphatic heterocycles. The molecule has 2 N–H and O–H groups in total. The predicted octanol–water partition coefficient (Wildman–Crippen LogP) is 3.72. The van der Waals surface area contributed by atoms with E-state index in [0.717, 1.165) is 5.56 Å². The van der Waals surface area contributed by atoms with Gasteiger partial charge in [0.25, 0.3) is 5.91 Å². The highest BCUT2D eigenvalue weighted by molar-refractivity contribution is 7.80. The molecule has 0 saturated carbocycles. The monoisotopic (exact) mass is 336 g/mol. The number of benzene rings is 2. The summed E-state index contributed by atoms with van der Waals surface area (Å²) in [5.74, 6) is -0.454. The highest BCUT2D eigenvalue weighted by Gasteiger charge is 2.12. The third-order valence-corrected chi connectivity index (χ3v) is 3.10. The van der Waals surface area contributed by atoms with Crippen molar-refractivity contribution in [2.75, 3.05) is 5.32 Å². The van der Waals surface area contributed by atoms with Crippen LogP contribution in [0.2, 0.25) is 0 Å². The molecular formula is C16H14F2N2O2S. The van der Waals surface area contributed by atoms with E-state index in [0.29, 0.717) is 5.56 Å². The molecule has 0 radical (unpaired) electrons. The molecule has 0 bridgehead atoms. The summed E-state index contributed by atoms with van der Waals surface area (Å²) in [4.78, 5) is 12.0. The number of carbonyl (C=O) groups excluding carboxylic acids is 1. The number of amides is 1. The van der Waals surface area contributed by atoms with Gasteiger partial charge >= 0.3 is 6.61 Å². The highest BCUT2D eigenvalue weighted by Crippen LogP contribution is 2.25. The van der Waals surface area contributed by atoms with E-state index in [9.17, 15) is 13.6 Å². The molecule has 4 nitrogen and oxygen atoms in total. The van der Waals surface area contributed by atoms with Crippen LogP contribution in [-0.4, -0.2) is 17.6 Å². The molecule has 7 heteroatoms. The van der Waals surface area contributed by atoms with Crippen molar-refractivity contribution in [1.82, 2.24) is 5.32 Å². The number of thiocarbonyl (C=S) groups is 1. The Morgan fingerprint density at radius 2 is 1.78 bits per heavy atom. The maximum absolute atomic E-state index is 12.3. The number of alkyl halides is 2. The van der Waals surface area contributed by atoms with Crippen LogP contribution in [0.25, 0.3) is 0 Å². The first kappa shape index (κ1) is 16.8. The summed E-state index contributed by atoms with van der Waals surface area (Å²) in [6, 6.07) is 13.0. The van der Waals surface area contributed by atoms with Gasteiger partial charge < -0.3 is 10.1 Å². The molecular weight excluding hydrogens is 322 g/mol. The van der Waals surface area contributed by atoms with Crippen LogP contribution in [0.3, 0.4) is 0 Å². The lowest BCUT2D eigenvalue weighted by Crippen LogP contribution is -2.34. The van der Waals surface area contributed by atoms with Crippen LogP contribution in [0.1, 0.15) is 15.9 Å². The average molecular weight is 336 g/mol. The second kappa shape index (κ2) is 7.64. The van der Waals surface area contributed by atoms with Crippen molar-refractivity contribution in [1.29, 1.82) is 0 Å². The Bertz CT molecular complexity index is 705. The second-order valence-corrected chi connectivity index (χ2v) is 5.06. The summed E-state index contributed by atoms with van der Waals surface area (Å²) >= 11 is 5.03. The normalized spacial score (nSPS) is 10.3. The number of para-hydroxylation sites is 2. The van der Waals surface area contributed by atoms with E-state index in [1.807, 2.05) is 6.92 Å². The summed E-state index contributed by atoms with van der Waals surface area (Å²) in [5, 5.41) is 5.14. The zero-order chi connectivity index (χ0) is 16.8. The Morgan fingerprint density at radius 3 is 2.43 bits per heavy atom. The molecule has 0 spiro atoms. The fourth-order valence-corrected chi connectivity index (χ4v) is 2.01. The molecule has 2 rings (SSSR count). The molecule has 0 atom stereocenters. The second-order valence-electron chi connectivity index (χ2n) is 4.65. The highest BCUT2D eigenvalue weighted by atomic mass is 32.1. The van der Waals surface area contributed by atoms with Gasteiger partial charge in [-0.2, -0.15) is 8.78 Å². The van der Waals surface area contributed by atoms with Gasteiger partial charge in [-0.25, -0.2) is 0 Å². The van der Waals surface area contributed by atoms with E-state index in [1.54, 1.807) is 36.4 Å². The SMILES string of the molecule is Cc1ccc(C(=O)NC(=S)Nc2ccccc2OC(F)F)cc1. The molecule has 1 amide bonds. The molecule has 0 saturated heterocycles. The molecule has 0 unspecified atom stereocenters. The van der Waals surface area contributed by atoms with Crippen molar-refractivity contribution in [3.63, 3.8) is 0 Å². The van der Waals surface area contributed by atoms with Gasteiger partial charge in [0.1, 0.15) is 5.75 Å². The first-order valence-corrected chi connectivity index (χ1v) is 7.09. The van der Waals surface area contributed by atoms with Crippen molar-refractivity contribution in [3.05, 3.63) is 59.7 Å². The first-order chi connectivity index (χ1) is 11.0. The smallest absolute Gasteiger partial charge is 0.387 e. The minimum atomic E-state index is -2.95. The summed E-state index contributed by atoms with van der Waals surface area (Å²) in [6.45, 7) is -1.04. The van der Waals surface area contributed by atoms with Crippen LogP contribution in [0.15, 0.2) is 48.5 Å². The fourth-order valence-electron chi connectivity index (χ4n) is 1.80. The molecule has 0 aromatic heterocycles. The van der Waals surface area contributed by atoms with Gasteiger partial charge in [0, 0.05) is 5.56 Å². The van der Waals surface area contributed by atoms with Crippen molar-refractivity contribution in [2.45, 2.75) is 13.5 Å². The van der Waals surface area contributed by atoms with Gasteiger partial charge in [-0.1, -0.05) is 29.8 Å². The Morgan fingerprint density at radius 1 is 1.13 bits per heavy atom. The standard InChI is InChI=1S/C16H14F2N2O2S/c1-10-6-8-11(9-7-10)14(21)20-16(23)19-12-4-2-3-5-13(12)22-15(17)18/h2-9,15H,1H3,(H2,19,20,21,23). The number of nitrogens with one attached hydrogen (secondary N) is 2. The molecule has 120 valence electrons. The molecule has 0 heterocycles. The molecule has 2 aromatic carbocycles. The number of hydrogen-bond donors (Lipinski definition) is 2. The minimum Gasteiger partial charge on any atom is -0.433 e. The van der Waals surface area contributed by atoms with E-state index in [1.165, 1.54) is 12.1 Å². The molecule has 2 aromatic rings. The maximum atomic E-state index is 12.3. The number of carbonyl (C=O) groups is 1. The number of aryl methyl sites for hydroxylation is 1. The minimum absolute atomic E-state index is 0.0131. The molecule has 0 aliphatic rings. The van der Waals surface area contributed by atoms with E-state index in [2.05, 4.69) is 15.4 Å². The van der Waals surface area contributed by atoms with Crippen LogP contribution in [0, 0.1) is 6.92 Å². The number of anilines is 1.